The van der Waals surface area contributed by atoms with Gasteiger partial charge in [-0.3, -0.25) is 4.90 Å². The Morgan fingerprint density at radius 2 is 1.92 bits per heavy atom. The van der Waals surface area contributed by atoms with E-state index in [2.05, 4.69) is 34.0 Å². The molecule has 6 heteroatoms. The first kappa shape index (κ1) is 16.9. The molecule has 130 valence electrons. The lowest BCUT2D eigenvalue weighted by molar-refractivity contribution is 0.0543. The molecule has 1 aliphatic heterocycles. The first-order valence-electron chi connectivity index (χ1n) is 8.42. The van der Waals surface area contributed by atoms with Crippen molar-refractivity contribution >= 4 is 17.1 Å². The predicted molar refractivity (Wildman–Crippen MR) is 94.1 cm³/mol. The molecule has 0 N–H and O–H groups in total. The second-order valence-corrected chi connectivity index (χ2v) is 7.50. The summed E-state index contributed by atoms with van der Waals surface area (Å²) in [5, 5.41) is 0. The Balaban J connectivity index is 1.74. The summed E-state index contributed by atoms with van der Waals surface area (Å²) >= 11 is 0. The van der Waals surface area contributed by atoms with Gasteiger partial charge in [-0.05, 0) is 45.5 Å². The van der Waals surface area contributed by atoms with Crippen molar-refractivity contribution in [2.24, 2.45) is 0 Å². The summed E-state index contributed by atoms with van der Waals surface area (Å²) in [7, 11) is 2.16. The Morgan fingerprint density at radius 1 is 1.21 bits per heavy atom. The molecule has 2 aromatic rings. The van der Waals surface area contributed by atoms with Gasteiger partial charge in [0.25, 0.3) is 0 Å². The second-order valence-electron chi connectivity index (χ2n) is 7.50. The fourth-order valence-electron chi connectivity index (χ4n) is 2.88. The topological polar surface area (TPSA) is 50.6 Å². The lowest BCUT2D eigenvalue weighted by Gasteiger charge is -2.32. The van der Waals surface area contributed by atoms with Crippen LogP contribution in [0.2, 0.25) is 0 Å². The average molecular weight is 330 g/mol. The minimum absolute atomic E-state index is 0.392. The Kier molecular flexibility index (Phi) is 4.60. The first-order chi connectivity index (χ1) is 11.3. The number of hydrogen-bond acceptors (Lipinski definition) is 5. The van der Waals surface area contributed by atoms with Crippen LogP contribution in [0.5, 0.6) is 0 Å². The first-order valence-corrected chi connectivity index (χ1v) is 8.42. The van der Waals surface area contributed by atoms with Crippen molar-refractivity contribution in [3.8, 4) is 0 Å². The van der Waals surface area contributed by atoms with E-state index in [-0.39, 0.29) is 0 Å². The van der Waals surface area contributed by atoms with Gasteiger partial charge in [-0.1, -0.05) is 6.07 Å². The Labute approximate surface area is 143 Å². The summed E-state index contributed by atoms with van der Waals surface area (Å²) in [6.07, 6.45) is 1.15. The maximum Gasteiger partial charge on any atom is 0.420 e. The fourth-order valence-corrected chi connectivity index (χ4v) is 2.88. The molecule has 0 aliphatic carbocycles. The quantitative estimate of drug-likeness (QED) is 0.847. The number of rotatable bonds is 2. The van der Waals surface area contributed by atoms with Crippen LogP contribution in [0.1, 0.15) is 26.3 Å². The van der Waals surface area contributed by atoms with Crippen LogP contribution in [-0.4, -0.2) is 64.3 Å². The highest BCUT2D eigenvalue weighted by Gasteiger charge is 2.20. The molecule has 0 saturated carbocycles. The van der Waals surface area contributed by atoms with Crippen LogP contribution >= 0.6 is 0 Å². The van der Waals surface area contributed by atoms with Gasteiger partial charge < -0.3 is 9.64 Å². The van der Waals surface area contributed by atoms with E-state index < -0.39 is 11.7 Å². The Morgan fingerprint density at radius 3 is 2.58 bits per heavy atom. The number of fused-ring (bicyclic) bond motifs is 1. The van der Waals surface area contributed by atoms with E-state index in [1.165, 1.54) is 10.1 Å². The van der Waals surface area contributed by atoms with E-state index in [1.54, 1.807) is 6.33 Å². The van der Waals surface area contributed by atoms with Crippen LogP contribution in [-0.2, 0) is 11.3 Å². The van der Waals surface area contributed by atoms with Crippen molar-refractivity contribution < 1.29 is 9.53 Å². The standard InChI is InChI=1S/C18H26N4O2/c1-18(2,3)24-17(23)22-13-19-15-11-14(5-6-16(15)22)12-21-9-7-20(4)8-10-21/h5-6,11,13H,7-10,12H2,1-4H3. The maximum absolute atomic E-state index is 12.3. The molecule has 0 spiro atoms. The number of hydrogen-bond donors (Lipinski definition) is 0. The smallest absolute Gasteiger partial charge is 0.420 e. The molecule has 1 fully saturated rings. The third kappa shape index (κ3) is 3.94. The van der Waals surface area contributed by atoms with Gasteiger partial charge in [0.1, 0.15) is 11.9 Å². The summed E-state index contributed by atoms with van der Waals surface area (Å²) in [5.41, 5.74) is 2.31. The molecule has 1 saturated heterocycles. The van der Waals surface area contributed by atoms with Crippen molar-refractivity contribution in [1.82, 2.24) is 19.4 Å². The third-order valence-corrected chi connectivity index (χ3v) is 4.20. The lowest BCUT2D eigenvalue weighted by atomic mass is 10.1. The second kappa shape index (κ2) is 6.53. The summed E-state index contributed by atoms with van der Waals surface area (Å²) < 4.78 is 6.90. The normalized spacial score (nSPS) is 17.3. The van der Waals surface area contributed by atoms with Gasteiger partial charge in [0, 0.05) is 32.7 Å². The Bertz CT molecular complexity index is 724. The molecule has 3 rings (SSSR count). The van der Waals surface area contributed by atoms with Gasteiger partial charge in [-0.15, -0.1) is 0 Å². The van der Waals surface area contributed by atoms with Crippen LogP contribution in [0.15, 0.2) is 24.5 Å². The van der Waals surface area contributed by atoms with E-state index in [9.17, 15) is 4.79 Å². The average Bonchev–Trinajstić information content (AvgIpc) is 2.91. The highest BCUT2D eigenvalue weighted by molar-refractivity contribution is 5.86. The highest BCUT2D eigenvalue weighted by Crippen LogP contribution is 2.18. The predicted octanol–water partition coefficient (Wildman–Crippen LogP) is 2.57. The molecule has 0 unspecified atom stereocenters. The molecule has 1 aliphatic rings. The SMILES string of the molecule is CN1CCN(Cc2ccc3c(c2)ncn3C(=O)OC(C)(C)C)CC1. The molecular formula is C18H26N4O2. The van der Waals surface area contributed by atoms with Gasteiger partial charge in [0.15, 0.2) is 0 Å². The molecule has 6 nitrogen and oxygen atoms in total. The van der Waals surface area contributed by atoms with E-state index in [0.29, 0.717) is 0 Å². The van der Waals surface area contributed by atoms with Gasteiger partial charge in [-0.2, -0.15) is 0 Å². The van der Waals surface area contributed by atoms with Gasteiger partial charge in [-0.25, -0.2) is 14.3 Å². The van der Waals surface area contributed by atoms with Crippen LogP contribution < -0.4 is 0 Å². The minimum atomic E-state index is -0.519. The van der Waals surface area contributed by atoms with Gasteiger partial charge >= 0.3 is 6.09 Å². The molecular weight excluding hydrogens is 304 g/mol. The number of carbonyl (C=O) groups excluding carboxylic acids is 1. The van der Waals surface area contributed by atoms with E-state index in [1.807, 2.05) is 26.8 Å². The zero-order valence-electron chi connectivity index (χ0n) is 15.0. The zero-order valence-corrected chi connectivity index (χ0v) is 15.0. The van der Waals surface area contributed by atoms with Crippen molar-refractivity contribution in [3.63, 3.8) is 0 Å². The molecule has 0 atom stereocenters. The zero-order chi connectivity index (χ0) is 17.3. The molecule has 1 aromatic heterocycles. The van der Waals surface area contributed by atoms with Crippen LogP contribution in [0, 0.1) is 0 Å². The van der Waals surface area contributed by atoms with Crippen molar-refractivity contribution in [2.75, 3.05) is 33.2 Å². The number of nitrogens with zero attached hydrogens (tertiary/aromatic N) is 4. The number of piperazine rings is 1. The van der Waals surface area contributed by atoms with E-state index in [0.717, 1.165) is 43.8 Å². The summed E-state index contributed by atoms with van der Waals surface area (Å²) in [6, 6.07) is 6.09. The number of ether oxygens (including phenoxy) is 1. The fraction of sp³-hybridized carbons (Fsp3) is 0.556. The molecule has 0 amide bonds. The highest BCUT2D eigenvalue weighted by atomic mass is 16.6. The van der Waals surface area contributed by atoms with Crippen molar-refractivity contribution in [3.05, 3.63) is 30.1 Å². The number of carbonyl (C=O) groups is 1. The lowest BCUT2D eigenvalue weighted by Crippen LogP contribution is -2.43. The summed E-state index contributed by atoms with van der Waals surface area (Å²) in [5.74, 6) is 0. The minimum Gasteiger partial charge on any atom is -0.443 e. The molecule has 0 bridgehead atoms. The molecule has 1 aromatic carbocycles. The third-order valence-electron chi connectivity index (χ3n) is 4.20. The number of aromatic nitrogens is 2. The Hall–Kier alpha value is -1.92. The molecule has 2 heterocycles. The van der Waals surface area contributed by atoms with Crippen molar-refractivity contribution in [1.29, 1.82) is 0 Å². The maximum atomic E-state index is 12.3. The molecule has 24 heavy (non-hydrogen) atoms. The van der Waals surface area contributed by atoms with Crippen molar-refractivity contribution in [2.45, 2.75) is 32.9 Å². The summed E-state index contributed by atoms with van der Waals surface area (Å²) in [6.45, 7) is 10.9. The van der Waals surface area contributed by atoms with Gasteiger partial charge in [0.2, 0.25) is 0 Å². The van der Waals surface area contributed by atoms with Crippen LogP contribution in [0.4, 0.5) is 4.79 Å². The largest absolute Gasteiger partial charge is 0.443 e. The van der Waals surface area contributed by atoms with E-state index in [4.69, 9.17) is 4.74 Å². The number of likely N-dealkylation sites (N-methyl/N-ethyl adjacent to an activating group) is 1. The number of imidazole rings is 1. The monoisotopic (exact) mass is 330 g/mol. The summed E-state index contributed by atoms with van der Waals surface area (Å²) in [4.78, 5) is 21.4. The van der Waals surface area contributed by atoms with Crippen LogP contribution in [0.25, 0.3) is 11.0 Å². The number of benzene rings is 1. The van der Waals surface area contributed by atoms with E-state index >= 15 is 0 Å². The van der Waals surface area contributed by atoms with Gasteiger partial charge in [0.05, 0.1) is 11.0 Å². The van der Waals surface area contributed by atoms with Crippen LogP contribution in [0.3, 0.4) is 0 Å². The molecule has 0 radical (unpaired) electrons.